The number of benzene rings is 1. The SMILES string of the molecule is NC1=NC2(CCc3c(cccc3-c3ccnc(F)c3)C2)CO1. The zero-order valence-corrected chi connectivity index (χ0v) is 12.1. The Morgan fingerprint density at radius 2 is 2.18 bits per heavy atom. The monoisotopic (exact) mass is 297 g/mol. The van der Waals surface area contributed by atoms with Gasteiger partial charge in [-0.3, -0.25) is 0 Å². The molecule has 4 rings (SSSR count). The molecule has 0 bridgehead atoms. The predicted octanol–water partition coefficient (Wildman–Crippen LogP) is 2.46. The number of ether oxygens (including phenoxy) is 1. The average Bonchev–Trinajstić information content (AvgIpc) is 2.87. The van der Waals surface area contributed by atoms with Gasteiger partial charge in [0.1, 0.15) is 12.1 Å². The lowest BCUT2D eigenvalue weighted by molar-refractivity contribution is 0.235. The van der Waals surface area contributed by atoms with Crippen molar-refractivity contribution in [2.45, 2.75) is 24.8 Å². The number of aromatic nitrogens is 1. The van der Waals surface area contributed by atoms with Crippen molar-refractivity contribution in [2.75, 3.05) is 6.61 Å². The van der Waals surface area contributed by atoms with Crippen molar-refractivity contribution in [1.29, 1.82) is 0 Å². The predicted molar refractivity (Wildman–Crippen MR) is 82.0 cm³/mol. The van der Waals surface area contributed by atoms with Gasteiger partial charge in [0.25, 0.3) is 6.02 Å². The van der Waals surface area contributed by atoms with Crippen LogP contribution in [0.15, 0.2) is 41.5 Å². The highest BCUT2D eigenvalue weighted by Gasteiger charge is 2.39. The lowest BCUT2D eigenvalue weighted by Crippen LogP contribution is -2.35. The molecule has 0 amide bonds. The Balaban J connectivity index is 1.76. The topological polar surface area (TPSA) is 60.5 Å². The molecule has 1 atom stereocenters. The number of rotatable bonds is 1. The lowest BCUT2D eigenvalue weighted by atomic mass is 9.77. The van der Waals surface area contributed by atoms with Crippen molar-refractivity contribution in [1.82, 2.24) is 4.98 Å². The fourth-order valence-corrected chi connectivity index (χ4v) is 3.46. The van der Waals surface area contributed by atoms with Crippen LogP contribution in [0.3, 0.4) is 0 Å². The number of amidine groups is 1. The zero-order valence-electron chi connectivity index (χ0n) is 12.1. The van der Waals surface area contributed by atoms with Gasteiger partial charge in [0.05, 0.1) is 0 Å². The molecule has 1 aliphatic heterocycles. The molecule has 2 heterocycles. The fourth-order valence-electron chi connectivity index (χ4n) is 3.46. The first-order valence-electron chi connectivity index (χ1n) is 7.36. The van der Waals surface area contributed by atoms with Crippen LogP contribution in [-0.4, -0.2) is 23.2 Å². The smallest absolute Gasteiger partial charge is 0.282 e. The molecule has 2 aliphatic rings. The second-order valence-electron chi connectivity index (χ2n) is 5.95. The van der Waals surface area contributed by atoms with Crippen molar-refractivity contribution >= 4 is 6.02 Å². The van der Waals surface area contributed by atoms with E-state index in [2.05, 4.69) is 16.0 Å². The number of fused-ring (bicyclic) bond motifs is 1. The van der Waals surface area contributed by atoms with Gasteiger partial charge in [-0.1, -0.05) is 18.2 Å². The molecule has 22 heavy (non-hydrogen) atoms. The third-order valence-electron chi connectivity index (χ3n) is 4.51. The number of pyridine rings is 1. The summed E-state index contributed by atoms with van der Waals surface area (Å²) in [5, 5.41) is 0. The van der Waals surface area contributed by atoms with Gasteiger partial charge in [-0.15, -0.1) is 0 Å². The molecule has 1 aliphatic carbocycles. The highest BCUT2D eigenvalue weighted by molar-refractivity contribution is 5.74. The maximum absolute atomic E-state index is 13.4. The molecule has 0 saturated carbocycles. The first-order chi connectivity index (χ1) is 10.7. The van der Waals surface area contributed by atoms with Gasteiger partial charge in [-0.25, -0.2) is 9.98 Å². The van der Waals surface area contributed by atoms with Crippen LogP contribution in [0.25, 0.3) is 11.1 Å². The Kier molecular flexibility index (Phi) is 2.89. The van der Waals surface area contributed by atoms with E-state index < -0.39 is 5.95 Å². The van der Waals surface area contributed by atoms with E-state index in [0.29, 0.717) is 6.61 Å². The molecule has 112 valence electrons. The van der Waals surface area contributed by atoms with Crippen LogP contribution in [0, 0.1) is 5.95 Å². The quantitative estimate of drug-likeness (QED) is 0.823. The molecule has 4 nitrogen and oxygen atoms in total. The summed E-state index contributed by atoms with van der Waals surface area (Å²) in [6.07, 6.45) is 4.09. The number of nitrogens with two attached hydrogens (primary N) is 1. The third-order valence-corrected chi connectivity index (χ3v) is 4.51. The van der Waals surface area contributed by atoms with E-state index >= 15 is 0 Å². The lowest BCUT2D eigenvalue weighted by Gasteiger charge is -2.31. The fraction of sp³-hybridized carbons (Fsp3) is 0.294. The normalized spacial score (nSPS) is 23.0. The Morgan fingerprint density at radius 3 is 2.95 bits per heavy atom. The van der Waals surface area contributed by atoms with E-state index in [1.807, 2.05) is 18.2 Å². The average molecular weight is 297 g/mol. The maximum atomic E-state index is 13.4. The van der Waals surface area contributed by atoms with Crippen LogP contribution < -0.4 is 5.73 Å². The summed E-state index contributed by atoms with van der Waals surface area (Å²) in [7, 11) is 0. The van der Waals surface area contributed by atoms with Crippen LogP contribution in [0.1, 0.15) is 17.5 Å². The van der Waals surface area contributed by atoms with E-state index in [-0.39, 0.29) is 11.6 Å². The summed E-state index contributed by atoms with van der Waals surface area (Å²) < 4.78 is 18.8. The summed E-state index contributed by atoms with van der Waals surface area (Å²) in [4.78, 5) is 8.13. The third kappa shape index (κ3) is 2.13. The Morgan fingerprint density at radius 1 is 1.27 bits per heavy atom. The van der Waals surface area contributed by atoms with E-state index in [4.69, 9.17) is 10.5 Å². The molecular weight excluding hydrogens is 281 g/mol. The van der Waals surface area contributed by atoms with Gasteiger partial charge in [0, 0.05) is 18.7 Å². The largest absolute Gasteiger partial charge is 0.463 e. The highest BCUT2D eigenvalue weighted by Crippen LogP contribution is 2.38. The molecule has 0 radical (unpaired) electrons. The van der Waals surface area contributed by atoms with Gasteiger partial charge < -0.3 is 10.5 Å². The summed E-state index contributed by atoms with van der Waals surface area (Å²) in [6, 6.07) is 9.77. The van der Waals surface area contributed by atoms with E-state index in [1.54, 1.807) is 0 Å². The molecule has 5 heteroatoms. The second kappa shape index (κ2) is 4.80. The zero-order chi connectivity index (χ0) is 15.2. The van der Waals surface area contributed by atoms with Crippen molar-refractivity contribution in [3.8, 4) is 11.1 Å². The molecule has 1 unspecified atom stereocenters. The molecular formula is C17H16FN3O. The van der Waals surface area contributed by atoms with Crippen molar-refractivity contribution in [3.63, 3.8) is 0 Å². The maximum Gasteiger partial charge on any atom is 0.282 e. The minimum absolute atomic E-state index is 0.223. The molecule has 0 fully saturated rings. The van der Waals surface area contributed by atoms with Crippen LogP contribution in [0.5, 0.6) is 0 Å². The summed E-state index contributed by atoms with van der Waals surface area (Å²) in [5.41, 5.74) is 9.90. The minimum Gasteiger partial charge on any atom is -0.463 e. The van der Waals surface area contributed by atoms with Gasteiger partial charge in [-0.2, -0.15) is 4.39 Å². The number of hydrogen-bond acceptors (Lipinski definition) is 4. The van der Waals surface area contributed by atoms with Crippen molar-refractivity contribution in [3.05, 3.63) is 53.6 Å². The number of halogens is 1. The molecule has 2 N–H and O–H groups in total. The Bertz CT molecular complexity index is 774. The molecule has 1 spiro atoms. The van der Waals surface area contributed by atoms with Crippen molar-refractivity contribution < 1.29 is 9.13 Å². The number of aliphatic imine (C=N–C) groups is 1. The van der Waals surface area contributed by atoms with Gasteiger partial charge in [0.15, 0.2) is 0 Å². The first-order valence-corrected chi connectivity index (χ1v) is 7.36. The summed E-state index contributed by atoms with van der Waals surface area (Å²) >= 11 is 0. The number of nitrogens with zero attached hydrogens (tertiary/aromatic N) is 2. The van der Waals surface area contributed by atoms with Crippen LogP contribution in [0.2, 0.25) is 0 Å². The van der Waals surface area contributed by atoms with E-state index in [1.165, 1.54) is 23.4 Å². The second-order valence-corrected chi connectivity index (χ2v) is 5.95. The highest BCUT2D eigenvalue weighted by atomic mass is 19.1. The van der Waals surface area contributed by atoms with E-state index in [0.717, 1.165) is 30.4 Å². The van der Waals surface area contributed by atoms with Gasteiger partial charge in [-0.05, 0) is 41.2 Å². The standard InChI is InChI=1S/C17H16FN3O/c18-15-8-11(5-7-20-15)13-3-1-2-12-9-17(6-4-14(12)13)10-22-16(19)21-17/h1-3,5,7-8H,4,6,9-10H2,(H2,19,21). The van der Waals surface area contributed by atoms with Gasteiger partial charge >= 0.3 is 0 Å². The molecule has 2 aromatic rings. The molecule has 0 saturated heterocycles. The Labute approximate surface area is 127 Å². The molecule has 1 aromatic carbocycles. The van der Waals surface area contributed by atoms with Crippen LogP contribution in [-0.2, 0) is 17.6 Å². The Hall–Kier alpha value is -2.43. The van der Waals surface area contributed by atoms with Gasteiger partial charge in [0.2, 0.25) is 5.95 Å². The summed E-state index contributed by atoms with van der Waals surface area (Å²) in [6.45, 7) is 0.548. The van der Waals surface area contributed by atoms with E-state index in [9.17, 15) is 4.39 Å². The molecule has 1 aromatic heterocycles. The minimum atomic E-state index is -0.455. The van der Waals surface area contributed by atoms with Crippen LogP contribution >= 0.6 is 0 Å². The number of hydrogen-bond donors (Lipinski definition) is 1. The summed E-state index contributed by atoms with van der Waals surface area (Å²) in [5.74, 6) is -0.455. The first kappa shape index (κ1) is 13.2. The van der Waals surface area contributed by atoms with Crippen LogP contribution in [0.4, 0.5) is 4.39 Å². The van der Waals surface area contributed by atoms with Crippen molar-refractivity contribution in [2.24, 2.45) is 10.7 Å².